The lowest BCUT2D eigenvalue weighted by Crippen LogP contribution is -2.28. The Morgan fingerprint density at radius 3 is 2.25 bits per heavy atom. The Morgan fingerprint density at radius 2 is 1.60 bits per heavy atom. The lowest BCUT2D eigenvalue weighted by atomic mass is 10.2. The van der Waals surface area contributed by atoms with Gasteiger partial charge in [0.15, 0.2) is 0 Å². The topological polar surface area (TPSA) is 68.2 Å². The van der Waals surface area contributed by atoms with Crippen molar-refractivity contribution in [1.82, 2.24) is 0 Å². The summed E-state index contributed by atoms with van der Waals surface area (Å²) in [6.45, 7) is 7.52. The maximum atomic E-state index is 9.69. The van der Waals surface area contributed by atoms with Crippen LogP contribution in [0.3, 0.4) is 0 Å². The molecule has 0 heterocycles. The minimum atomic E-state index is -0.598. The number of hydrogen-bond acceptors (Lipinski definition) is 5. The van der Waals surface area contributed by atoms with Crippen LogP contribution in [0.25, 0.3) is 0 Å². The Labute approximate surface area is 123 Å². The van der Waals surface area contributed by atoms with Gasteiger partial charge in [0.05, 0.1) is 38.6 Å². The molecule has 0 rings (SSSR count). The second-order valence-electron chi connectivity index (χ2n) is 5.26. The van der Waals surface area contributed by atoms with Crippen molar-refractivity contribution in [1.29, 1.82) is 0 Å². The fourth-order valence-corrected chi connectivity index (χ4v) is 1.57. The molecule has 0 radical (unpaired) electrons. The molecule has 0 aromatic heterocycles. The van der Waals surface area contributed by atoms with Crippen molar-refractivity contribution in [3.8, 4) is 0 Å². The van der Waals surface area contributed by atoms with Gasteiger partial charge < -0.3 is 24.4 Å². The number of hydrogen-bond donors (Lipinski definition) is 2. The van der Waals surface area contributed by atoms with Gasteiger partial charge in [0, 0.05) is 6.61 Å². The summed E-state index contributed by atoms with van der Waals surface area (Å²) in [7, 11) is 0. The normalized spacial score (nSPS) is 16.1. The Hall–Kier alpha value is -0.200. The summed E-state index contributed by atoms with van der Waals surface area (Å²) in [5.41, 5.74) is 0. The van der Waals surface area contributed by atoms with Gasteiger partial charge in [-0.15, -0.1) is 0 Å². The molecule has 2 N–H and O–H groups in total. The smallest absolute Gasteiger partial charge is 0.101 e. The molecule has 5 nitrogen and oxygen atoms in total. The Morgan fingerprint density at radius 1 is 0.900 bits per heavy atom. The monoisotopic (exact) mass is 292 g/mol. The molecule has 0 aliphatic carbocycles. The molecule has 20 heavy (non-hydrogen) atoms. The van der Waals surface area contributed by atoms with E-state index in [2.05, 4.69) is 6.92 Å². The Kier molecular flexibility index (Phi) is 13.6. The third-order valence-corrected chi connectivity index (χ3v) is 2.90. The molecule has 0 fully saturated rings. The van der Waals surface area contributed by atoms with Gasteiger partial charge in [-0.05, 0) is 20.3 Å². The Balaban J connectivity index is 3.40. The van der Waals surface area contributed by atoms with E-state index >= 15 is 0 Å². The standard InChI is InChI=1S/C15H32O5/c1-4-5-6-7-8-18-11-15(17)12-20-14(3)10-19-13(2)9-16/h13-17H,4-12H2,1-3H3. The number of aliphatic hydroxyl groups is 2. The molecule has 122 valence electrons. The quantitative estimate of drug-likeness (QED) is 0.477. The van der Waals surface area contributed by atoms with Crippen molar-refractivity contribution in [2.24, 2.45) is 0 Å². The number of aliphatic hydroxyl groups excluding tert-OH is 2. The van der Waals surface area contributed by atoms with E-state index in [0.29, 0.717) is 19.8 Å². The molecule has 3 atom stereocenters. The van der Waals surface area contributed by atoms with Gasteiger partial charge in [-0.1, -0.05) is 26.2 Å². The molecule has 0 amide bonds. The van der Waals surface area contributed by atoms with Crippen LogP contribution in [0.15, 0.2) is 0 Å². The van der Waals surface area contributed by atoms with Gasteiger partial charge in [-0.2, -0.15) is 0 Å². The van der Waals surface area contributed by atoms with Gasteiger partial charge in [-0.25, -0.2) is 0 Å². The molecule has 0 spiro atoms. The van der Waals surface area contributed by atoms with Gasteiger partial charge >= 0.3 is 0 Å². The fraction of sp³-hybridized carbons (Fsp3) is 1.00. The van der Waals surface area contributed by atoms with Gasteiger partial charge in [0.1, 0.15) is 6.10 Å². The van der Waals surface area contributed by atoms with Crippen LogP contribution in [0.2, 0.25) is 0 Å². The first-order valence-corrected chi connectivity index (χ1v) is 7.70. The minimum Gasteiger partial charge on any atom is -0.394 e. The maximum absolute atomic E-state index is 9.69. The highest BCUT2D eigenvalue weighted by Crippen LogP contribution is 2.01. The Bertz CT molecular complexity index is 201. The summed E-state index contributed by atoms with van der Waals surface area (Å²) in [6.07, 6.45) is 3.79. The van der Waals surface area contributed by atoms with Crippen molar-refractivity contribution in [2.75, 3.05) is 33.0 Å². The number of ether oxygens (including phenoxy) is 3. The van der Waals surface area contributed by atoms with E-state index in [9.17, 15) is 5.11 Å². The predicted molar refractivity (Wildman–Crippen MR) is 78.9 cm³/mol. The lowest BCUT2D eigenvalue weighted by molar-refractivity contribution is -0.0775. The fourth-order valence-electron chi connectivity index (χ4n) is 1.57. The number of unbranched alkanes of at least 4 members (excludes halogenated alkanes) is 3. The van der Waals surface area contributed by atoms with Crippen molar-refractivity contribution in [2.45, 2.75) is 64.8 Å². The highest BCUT2D eigenvalue weighted by atomic mass is 16.5. The van der Waals surface area contributed by atoms with E-state index in [1.165, 1.54) is 19.3 Å². The van der Waals surface area contributed by atoms with Crippen LogP contribution in [0.1, 0.15) is 46.5 Å². The van der Waals surface area contributed by atoms with Gasteiger partial charge in [0.2, 0.25) is 0 Å². The lowest BCUT2D eigenvalue weighted by Gasteiger charge is -2.18. The zero-order valence-corrected chi connectivity index (χ0v) is 13.2. The second kappa shape index (κ2) is 13.8. The average Bonchev–Trinajstić information content (AvgIpc) is 2.46. The van der Waals surface area contributed by atoms with Crippen LogP contribution in [0.4, 0.5) is 0 Å². The second-order valence-corrected chi connectivity index (χ2v) is 5.26. The molecular formula is C15H32O5. The van der Waals surface area contributed by atoms with E-state index < -0.39 is 6.10 Å². The van der Waals surface area contributed by atoms with Crippen molar-refractivity contribution in [3.05, 3.63) is 0 Å². The van der Waals surface area contributed by atoms with Crippen LogP contribution in [-0.4, -0.2) is 61.6 Å². The summed E-state index contributed by atoms with van der Waals surface area (Å²) >= 11 is 0. The first kappa shape index (κ1) is 19.8. The van der Waals surface area contributed by atoms with Crippen molar-refractivity contribution < 1.29 is 24.4 Å². The van der Waals surface area contributed by atoms with E-state index in [4.69, 9.17) is 19.3 Å². The van der Waals surface area contributed by atoms with E-state index in [1.807, 2.05) is 6.92 Å². The summed E-state index contributed by atoms with van der Waals surface area (Å²) in [4.78, 5) is 0. The maximum Gasteiger partial charge on any atom is 0.101 e. The van der Waals surface area contributed by atoms with Crippen LogP contribution >= 0.6 is 0 Å². The van der Waals surface area contributed by atoms with Crippen LogP contribution in [0, 0.1) is 0 Å². The van der Waals surface area contributed by atoms with Gasteiger partial charge in [-0.3, -0.25) is 0 Å². The largest absolute Gasteiger partial charge is 0.394 e. The van der Waals surface area contributed by atoms with Crippen LogP contribution < -0.4 is 0 Å². The predicted octanol–water partition coefficient (Wildman–Crippen LogP) is 1.75. The molecule has 0 aromatic rings. The molecule has 0 bridgehead atoms. The third-order valence-electron chi connectivity index (χ3n) is 2.90. The van der Waals surface area contributed by atoms with Crippen molar-refractivity contribution >= 4 is 0 Å². The summed E-state index contributed by atoms with van der Waals surface area (Å²) in [5, 5.41) is 18.5. The molecule has 0 saturated carbocycles. The molecular weight excluding hydrogens is 260 g/mol. The van der Waals surface area contributed by atoms with E-state index in [0.717, 1.165) is 6.42 Å². The van der Waals surface area contributed by atoms with Gasteiger partial charge in [0.25, 0.3) is 0 Å². The molecule has 0 aliphatic heterocycles. The van der Waals surface area contributed by atoms with Crippen molar-refractivity contribution in [3.63, 3.8) is 0 Å². The van der Waals surface area contributed by atoms with Crippen LogP contribution in [-0.2, 0) is 14.2 Å². The average molecular weight is 292 g/mol. The SMILES string of the molecule is CCCCCCOCC(O)COC(C)COC(C)CO. The first-order chi connectivity index (χ1) is 9.60. The third kappa shape index (κ3) is 12.8. The molecule has 3 unspecified atom stereocenters. The molecule has 5 heteroatoms. The number of rotatable bonds is 14. The summed E-state index contributed by atoms with van der Waals surface area (Å²) in [6, 6.07) is 0. The summed E-state index contributed by atoms with van der Waals surface area (Å²) in [5.74, 6) is 0. The summed E-state index contributed by atoms with van der Waals surface area (Å²) < 4.78 is 16.2. The molecule has 0 aliphatic rings. The molecule has 0 saturated heterocycles. The van der Waals surface area contributed by atoms with E-state index in [1.54, 1.807) is 6.92 Å². The van der Waals surface area contributed by atoms with E-state index in [-0.39, 0.29) is 25.4 Å². The minimum absolute atomic E-state index is 0.00121. The first-order valence-electron chi connectivity index (χ1n) is 7.70. The highest BCUT2D eigenvalue weighted by molar-refractivity contribution is 4.56. The molecule has 0 aromatic carbocycles. The highest BCUT2D eigenvalue weighted by Gasteiger charge is 2.10. The van der Waals surface area contributed by atoms with Crippen LogP contribution in [0.5, 0.6) is 0 Å². The zero-order chi connectivity index (χ0) is 15.2. The zero-order valence-electron chi connectivity index (χ0n) is 13.2.